The Morgan fingerprint density at radius 1 is 1.00 bits per heavy atom. The van der Waals surface area contributed by atoms with Crippen LogP contribution < -0.4 is 0 Å². The van der Waals surface area contributed by atoms with Crippen LogP contribution in [-0.2, 0) is 22.4 Å². The molecule has 0 unspecified atom stereocenters. The van der Waals surface area contributed by atoms with Gasteiger partial charge in [0.2, 0.25) is 0 Å². The molecule has 0 radical (unpaired) electrons. The van der Waals surface area contributed by atoms with Gasteiger partial charge in [0, 0.05) is 23.1 Å². The number of ketones is 2. The van der Waals surface area contributed by atoms with E-state index in [1.807, 2.05) is 25.1 Å². The normalized spacial score (nSPS) is 12.8. The average Bonchev–Trinajstić information content (AvgIpc) is 3.23. The number of carbonyl (C=O) groups excluding carboxylic acids is 2. The van der Waals surface area contributed by atoms with Crippen LogP contribution in [0.2, 0.25) is 0 Å². The van der Waals surface area contributed by atoms with Gasteiger partial charge in [0.25, 0.3) is 0 Å². The van der Waals surface area contributed by atoms with Crippen LogP contribution >= 0.6 is 11.3 Å². The number of hydrogen-bond acceptors (Lipinski definition) is 4. The molecule has 3 nitrogen and oxygen atoms in total. The van der Waals surface area contributed by atoms with E-state index in [2.05, 4.69) is 18.4 Å². The van der Waals surface area contributed by atoms with Crippen molar-refractivity contribution in [3.8, 4) is 0 Å². The summed E-state index contributed by atoms with van der Waals surface area (Å²) in [6.45, 7) is 7.41. The van der Waals surface area contributed by atoms with Crippen molar-refractivity contribution in [2.45, 2.75) is 53.4 Å². The summed E-state index contributed by atoms with van der Waals surface area (Å²) < 4.78 is 5.16. The highest BCUT2D eigenvalue weighted by atomic mass is 32.1. The first kappa shape index (κ1) is 20.4. The van der Waals surface area contributed by atoms with Crippen molar-refractivity contribution in [3.63, 3.8) is 0 Å². The average molecular weight is 349 g/mol. The molecule has 0 N–H and O–H groups in total. The van der Waals surface area contributed by atoms with Gasteiger partial charge in [-0.05, 0) is 56.7 Å². The van der Waals surface area contributed by atoms with Crippen molar-refractivity contribution in [1.82, 2.24) is 0 Å². The summed E-state index contributed by atoms with van der Waals surface area (Å²) in [6.07, 6.45) is 5.13. The van der Waals surface area contributed by atoms with Crippen molar-refractivity contribution >= 4 is 22.9 Å². The molecule has 0 saturated carbocycles. The number of rotatable bonds is 8. The van der Waals surface area contributed by atoms with Gasteiger partial charge in [-0.15, -0.1) is 11.3 Å². The molecule has 24 heavy (non-hydrogen) atoms. The first-order valence-electron chi connectivity index (χ1n) is 8.53. The lowest BCUT2D eigenvalue weighted by atomic mass is 9.97. The zero-order valence-corrected chi connectivity index (χ0v) is 15.9. The van der Waals surface area contributed by atoms with Crippen LogP contribution in [0.1, 0.15) is 51.2 Å². The minimum Gasteiger partial charge on any atom is -0.469 e. The summed E-state index contributed by atoms with van der Waals surface area (Å²) in [7, 11) is 0. The van der Waals surface area contributed by atoms with E-state index in [4.69, 9.17) is 4.42 Å². The summed E-state index contributed by atoms with van der Waals surface area (Å²) in [5.74, 6) is 1.80. The highest BCUT2D eigenvalue weighted by molar-refractivity contribution is 7.09. The van der Waals surface area contributed by atoms with Crippen LogP contribution in [0.15, 0.2) is 40.3 Å². The fraction of sp³-hybridized carbons (Fsp3) is 0.500. The molecule has 0 spiro atoms. The largest absolute Gasteiger partial charge is 0.469 e. The number of Topliss-reactive ketones (excluding diaryl/α,β-unsaturated/α-hetero) is 2. The highest BCUT2D eigenvalue weighted by Crippen LogP contribution is 2.17. The Labute approximate surface area is 149 Å². The molecular weight excluding hydrogens is 320 g/mol. The second-order valence-corrected chi connectivity index (χ2v) is 7.03. The third kappa shape index (κ3) is 7.26. The topological polar surface area (TPSA) is 47.3 Å². The fourth-order valence-electron chi connectivity index (χ4n) is 2.49. The molecule has 0 aromatic carbocycles. The van der Waals surface area contributed by atoms with E-state index in [1.54, 1.807) is 31.4 Å². The summed E-state index contributed by atoms with van der Waals surface area (Å²) in [5.41, 5.74) is 0. The third-order valence-corrected chi connectivity index (χ3v) is 5.09. The number of furan rings is 1. The Bertz CT molecular complexity index is 530. The van der Waals surface area contributed by atoms with E-state index >= 15 is 0 Å². The predicted octanol–water partition coefficient (Wildman–Crippen LogP) is 5.34. The van der Waals surface area contributed by atoms with E-state index in [-0.39, 0.29) is 17.6 Å². The molecule has 0 saturated heterocycles. The van der Waals surface area contributed by atoms with E-state index in [1.165, 1.54) is 4.88 Å². The lowest BCUT2D eigenvalue weighted by molar-refractivity contribution is -0.121. The Morgan fingerprint density at radius 3 is 2.04 bits per heavy atom. The minimum atomic E-state index is 0.121. The quantitative estimate of drug-likeness (QED) is 0.646. The molecule has 2 heterocycles. The molecule has 0 aliphatic heterocycles. The van der Waals surface area contributed by atoms with Gasteiger partial charge in [-0.25, -0.2) is 0 Å². The van der Waals surface area contributed by atoms with Gasteiger partial charge in [-0.1, -0.05) is 19.9 Å². The number of carbonyl (C=O) groups is 2. The molecule has 2 atom stereocenters. The summed E-state index contributed by atoms with van der Waals surface area (Å²) >= 11 is 1.73. The monoisotopic (exact) mass is 348 g/mol. The highest BCUT2D eigenvalue weighted by Gasteiger charge is 2.13. The van der Waals surface area contributed by atoms with Crippen LogP contribution in [0.25, 0.3) is 0 Å². The molecule has 0 fully saturated rings. The van der Waals surface area contributed by atoms with Crippen LogP contribution in [0.4, 0.5) is 0 Å². The van der Waals surface area contributed by atoms with Crippen molar-refractivity contribution in [1.29, 1.82) is 0 Å². The van der Waals surface area contributed by atoms with Gasteiger partial charge in [-0.3, -0.25) is 9.59 Å². The first-order chi connectivity index (χ1) is 11.5. The van der Waals surface area contributed by atoms with Crippen LogP contribution in [-0.4, -0.2) is 11.6 Å². The second-order valence-electron chi connectivity index (χ2n) is 6.00. The predicted molar refractivity (Wildman–Crippen MR) is 99.4 cm³/mol. The molecule has 0 aliphatic carbocycles. The fourth-order valence-corrected chi connectivity index (χ4v) is 3.28. The molecule has 4 heteroatoms. The summed E-state index contributed by atoms with van der Waals surface area (Å²) in [5, 5.41) is 2.06. The van der Waals surface area contributed by atoms with Crippen LogP contribution in [0.3, 0.4) is 0 Å². The van der Waals surface area contributed by atoms with Gasteiger partial charge in [-0.2, -0.15) is 0 Å². The lowest BCUT2D eigenvalue weighted by Crippen LogP contribution is -2.12. The number of hydrogen-bond donors (Lipinski definition) is 0. The van der Waals surface area contributed by atoms with Gasteiger partial charge in [0.05, 0.1) is 6.26 Å². The van der Waals surface area contributed by atoms with Gasteiger partial charge >= 0.3 is 0 Å². The maximum Gasteiger partial charge on any atom is 0.133 e. The minimum absolute atomic E-state index is 0.121. The van der Waals surface area contributed by atoms with Crippen molar-refractivity contribution in [3.05, 3.63) is 46.5 Å². The van der Waals surface area contributed by atoms with E-state index < -0.39 is 0 Å². The van der Waals surface area contributed by atoms with Crippen molar-refractivity contribution in [2.24, 2.45) is 11.8 Å². The van der Waals surface area contributed by atoms with E-state index in [0.717, 1.165) is 31.4 Å². The molecular formula is C20H28O3S. The summed E-state index contributed by atoms with van der Waals surface area (Å²) in [4.78, 5) is 23.5. The van der Waals surface area contributed by atoms with Gasteiger partial charge in [0.15, 0.2) is 0 Å². The zero-order chi connectivity index (χ0) is 17.9. The van der Waals surface area contributed by atoms with Crippen molar-refractivity contribution in [2.75, 3.05) is 0 Å². The van der Waals surface area contributed by atoms with Gasteiger partial charge < -0.3 is 4.42 Å². The lowest BCUT2D eigenvalue weighted by Gasteiger charge is -2.08. The Hall–Kier alpha value is -1.68. The molecule has 0 aliphatic rings. The Kier molecular flexibility index (Phi) is 9.31. The maximum atomic E-state index is 11.1. The van der Waals surface area contributed by atoms with E-state index in [9.17, 15) is 9.59 Å². The van der Waals surface area contributed by atoms with E-state index in [0.29, 0.717) is 5.78 Å². The standard InChI is InChI=1S/C10H14O2.C10H14OS/c2*1-3-9(8(2)11)7-10-5-4-6-12-10/h2*4-6,9H,3,7H2,1-2H3/t2*9-/m11/s1. The van der Waals surface area contributed by atoms with Gasteiger partial charge in [0.1, 0.15) is 17.3 Å². The first-order valence-corrected chi connectivity index (χ1v) is 9.41. The molecule has 2 aromatic heterocycles. The second kappa shape index (κ2) is 11.0. The van der Waals surface area contributed by atoms with Crippen molar-refractivity contribution < 1.29 is 14.0 Å². The molecule has 132 valence electrons. The summed E-state index contributed by atoms with van der Waals surface area (Å²) in [6, 6.07) is 7.89. The SMILES string of the molecule is CC[C@H](Cc1ccco1)C(C)=O.CC[C@H](Cc1cccs1)C(C)=O. The van der Waals surface area contributed by atoms with Crippen LogP contribution in [0.5, 0.6) is 0 Å². The smallest absolute Gasteiger partial charge is 0.133 e. The molecule has 0 amide bonds. The molecule has 2 rings (SSSR count). The molecule has 0 bridgehead atoms. The number of thiophene rings is 1. The van der Waals surface area contributed by atoms with Crippen LogP contribution in [0, 0.1) is 11.8 Å². The maximum absolute atomic E-state index is 11.1. The third-order valence-electron chi connectivity index (χ3n) is 4.19. The Morgan fingerprint density at radius 2 is 1.62 bits per heavy atom. The zero-order valence-electron chi connectivity index (χ0n) is 15.1. The molecule has 2 aromatic rings. The Balaban J connectivity index is 0.000000240.